The predicted octanol–water partition coefficient (Wildman–Crippen LogP) is 5.49. The molecule has 0 N–H and O–H groups in total. The zero-order chi connectivity index (χ0) is 15.0. The molecule has 0 saturated heterocycles. The van der Waals surface area contributed by atoms with Gasteiger partial charge in [0.25, 0.3) is 0 Å². The maximum absolute atomic E-state index is 4.82. The first-order valence-electron chi connectivity index (χ1n) is 8.59. The van der Waals surface area contributed by atoms with Gasteiger partial charge in [0.15, 0.2) is 0 Å². The summed E-state index contributed by atoms with van der Waals surface area (Å²) in [5, 5.41) is 2.75. The van der Waals surface area contributed by atoms with Crippen LogP contribution in [0.25, 0.3) is 27.6 Å². The smallest absolute Gasteiger partial charge is 0.0749 e. The van der Waals surface area contributed by atoms with Crippen molar-refractivity contribution in [3.8, 4) is 11.3 Å². The number of rotatable bonds is 0. The lowest BCUT2D eigenvalue weighted by Crippen LogP contribution is -2.28. The van der Waals surface area contributed by atoms with E-state index in [1.54, 1.807) is 11.1 Å². The molecule has 1 heterocycles. The quantitative estimate of drug-likeness (QED) is 0.534. The van der Waals surface area contributed by atoms with Gasteiger partial charge in [0, 0.05) is 17.2 Å². The van der Waals surface area contributed by atoms with Crippen LogP contribution in [0.3, 0.4) is 0 Å². The van der Waals surface area contributed by atoms with Crippen LogP contribution < -0.4 is 0 Å². The monoisotopic (exact) mass is 295 g/mol. The van der Waals surface area contributed by atoms with Crippen LogP contribution in [0.1, 0.15) is 36.8 Å². The van der Waals surface area contributed by atoms with Gasteiger partial charge in [0.05, 0.1) is 5.69 Å². The molecule has 2 bridgehead atoms. The van der Waals surface area contributed by atoms with Crippen LogP contribution in [-0.2, 0) is 5.41 Å². The van der Waals surface area contributed by atoms with E-state index in [9.17, 15) is 0 Å². The standard InChI is InChI=1S/C22H17N/c1-2-5-16-14(4-1)7-8-17-19(16)20-15-9-11-22(20,12-10-15)18-6-3-13-23-21(17)18/h1-8,13H,9-12H2. The van der Waals surface area contributed by atoms with E-state index in [0.717, 1.165) is 0 Å². The number of pyridine rings is 1. The van der Waals surface area contributed by atoms with E-state index in [2.05, 4.69) is 48.5 Å². The predicted molar refractivity (Wildman–Crippen MR) is 94.2 cm³/mol. The van der Waals surface area contributed by atoms with Crippen LogP contribution in [0.4, 0.5) is 0 Å². The SMILES string of the molecule is c1cnc2c(c1)C13CCC(=C1c1c-2ccc2ccccc12)CC3. The topological polar surface area (TPSA) is 12.9 Å². The summed E-state index contributed by atoms with van der Waals surface area (Å²) in [5.74, 6) is 0. The van der Waals surface area contributed by atoms with Gasteiger partial charge in [0.1, 0.15) is 0 Å². The molecular formula is C22H17N. The van der Waals surface area contributed by atoms with E-state index >= 15 is 0 Å². The van der Waals surface area contributed by atoms with Gasteiger partial charge in [-0.15, -0.1) is 0 Å². The Bertz CT molecular complexity index is 1020. The molecule has 0 amide bonds. The third-order valence-corrected chi connectivity index (χ3v) is 6.30. The van der Waals surface area contributed by atoms with Gasteiger partial charge in [0.2, 0.25) is 0 Å². The fraction of sp³-hybridized carbons (Fsp3) is 0.227. The van der Waals surface area contributed by atoms with Crippen molar-refractivity contribution in [2.45, 2.75) is 31.1 Å². The molecule has 0 spiro atoms. The Morgan fingerprint density at radius 1 is 0.870 bits per heavy atom. The number of hydrogen-bond donors (Lipinski definition) is 0. The van der Waals surface area contributed by atoms with Crippen LogP contribution in [-0.4, -0.2) is 4.98 Å². The lowest BCUT2D eigenvalue weighted by Gasteiger charge is -2.38. The van der Waals surface area contributed by atoms with Crippen molar-refractivity contribution < 1.29 is 0 Å². The number of hydrogen-bond acceptors (Lipinski definition) is 1. The molecule has 0 fully saturated rings. The van der Waals surface area contributed by atoms with Crippen LogP contribution in [0.5, 0.6) is 0 Å². The summed E-state index contributed by atoms with van der Waals surface area (Å²) in [6.07, 6.45) is 7.05. The van der Waals surface area contributed by atoms with Crippen molar-refractivity contribution in [2.75, 3.05) is 0 Å². The third kappa shape index (κ3) is 1.29. The minimum absolute atomic E-state index is 0.246. The second-order valence-electron chi connectivity index (χ2n) is 7.17. The minimum Gasteiger partial charge on any atom is -0.256 e. The Morgan fingerprint density at radius 2 is 1.74 bits per heavy atom. The summed E-state index contributed by atoms with van der Waals surface area (Å²) in [7, 11) is 0. The summed E-state index contributed by atoms with van der Waals surface area (Å²) in [5.41, 5.74) is 9.13. The highest BCUT2D eigenvalue weighted by Crippen LogP contribution is 2.65. The molecule has 110 valence electrons. The first-order chi connectivity index (χ1) is 11.4. The largest absolute Gasteiger partial charge is 0.256 e. The molecule has 2 aromatic carbocycles. The van der Waals surface area contributed by atoms with E-state index in [4.69, 9.17) is 4.98 Å². The van der Waals surface area contributed by atoms with E-state index in [1.165, 1.54) is 58.8 Å². The van der Waals surface area contributed by atoms with Crippen molar-refractivity contribution >= 4 is 16.3 Å². The van der Waals surface area contributed by atoms with Crippen LogP contribution in [0.2, 0.25) is 0 Å². The Labute approximate surface area is 135 Å². The number of fused-ring (bicyclic) bond motifs is 5. The van der Waals surface area contributed by atoms with Gasteiger partial charge >= 0.3 is 0 Å². The molecule has 23 heavy (non-hydrogen) atoms. The molecular weight excluding hydrogens is 278 g/mol. The van der Waals surface area contributed by atoms with Gasteiger partial charge < -0.3 is 0 Å². The van der Waals surface area contributed by atoms with E-state index in [0.29, 0.717) is 0 Å². The molecule has 6 rings (SSSR count). The second-order valence-corrected chi connectivity index (χ2v) is 7.17. The van der Waals surface area contributed by atoms with Gasteiger partial charge in [-0.1, -0.05) is 48.0 Å². The van der Waals surface area contributed by atoms with Crippen LogP contribution in [0.15, 0.2) is 60.3 Å². The number of aromatic nitrogens is 1. The van der Waals surface area contributed by atoms with Crippen molar-refractivity contribution in [1.82, 2.24) is 4.98 Å². The van der Waals surface area contributed by atoms with Crippen molar-refractivity contribution in [2.24, 2.45) is 0 Å². The summed E-state index contributed by atoms with van der Waals surface area (Å²) in [4.78, 5) is 4.82. The summed E-state index contributed by atoms with van der Waals surface area (Å²) >= 11 is 0. The maximum atomic E-state index is 4.82. The lowest BCUT2D eigenvalue weighted by atomic mass is 9.65. The molecule has 1 aromatic heterocycles. The summed E-state index contributed by atoms with van der Waals surface area (Å²) in [6, 6.07) is 17.8. The molecule has 0 atom stereocenters. The Kier molecular flexibility index (Phi) is 2.05. The number of nitrogens with zero attached hydrogens (tertiary/aromatic N) is 1. The Hall–Kier alpha value is -2.41. The molecule has 3 aliphatic rings. The number of benzene rings is 2. The highest BCUT2D eigenvalue weighted by Gasteiger charge is 2.51. The maximum Gasteiger partial charge on any atom is 0.0749 e. The number of allylic oxidation sites excluding steroid dienone is 2. The average molecular weight is 295 g/mol. The fourth-order valence-corrected chi connectivity index (χ4v) is 5.38. The Morgan fingerprint density at radius 3 is 2.65 bits per heavy atom. The van der Waals surface area contributed by atoms with Crippen molar-refractivity contribution in [3.63, 3.8) is 0 Å². The third-order valence-electron chi connectivity index (χ3n) is 6.30. The van der Waals surface area contributed by atoms with Crippen LogP contribution >= 0.6 is 0 Å². The zero-order valence-corrected chi connectivity index (χ0v) is 13.0. The minimum atomic E-state index is 0.246. The molecule has 0 unspecified atom stereocenters. The molecule has 0 saturated carbocycles. The zero-order valence-electron chi connectivity index (χ0n) is 13.0. The van der Waals surface area contributed by atoms with Gasteiger partial charge in [-0.05, 0) is 59.2 Å². The normalized spacial score (nSPS) is 19.7. The summed E-state index contributed by atoms with van der Waals surface area (Å²) in [6.45, 7) is 0. The van der Waals surface area contributed by atoms with E-state index in [-0.39, 0.29) is 5.41 Å². The van der Waals surface area contributed by atoms with E-state index < -0.39 is 0 Å². The highest BCUT2D eigenvalue weighted by molar-refractivity contribution is 6.07. The molecule has 3 aromatic rings. The van der Waals surface area contributed by atoms with Gasteiger partial charge in [-0.25, -0.2) is 0 Å². The molecule has 1 nitrogen and oxygen atoms in total. The highest BCUT2D eigenvalue weighted by atomic mass is 14.7. The van der Waals surface area contributed by atoms with Gasteiger partial charge in [-0.2, -0.15) is 0 Å². The first-order valence-corrected chi connectivity index (χ1v) is 8.59. The first kappa shape index (κ1) is 12.1. The molecule has 1 heteroatoms. The van der Waals surface area contributed by atoms with Gasteiger partial charge in [-0.3, -0.25) is 4.98 Å². The summed E-state index contributed by atoms with van der Waals surface area (Å²) < 4.78 is 0. The lowest BCUT2D eigenvalue weighted by molar-refractivity contribution is 0.471. The average Bonchev–Trinajstić information content (AvgIpc) is 3.18. The molecule has 0 radical (unpaired) electrons. The Balaban J connectivity index is 1.86. The van der Waals surface area contributed by atoms with Crippen molar-refractivity contribution in [1.29, 1.82) is 0 Å². The van der Waals surface area contributed by atoms with E-state index in [1.807, 2.05) is 6.20 Å². The molecule has 0 aliphatic heterocycles. The van der Waals surface area contributed by atoms with Crippen molar-refractivity contribution in [3.05, 3.63) is 71.4 Å². The van der Waals surface area contributed by atoms with Crippen LogP contribution in [0, 0.1) is 0 Å². The second kappa shape index (κ2) is 3.91. The molecule has 3 aliphatic carbocycles. The fourth-order valence-electron chi connectivity index (χ4n) is 5.38.